The first-order valence-electron chi connectivity index (χ1n) is 7.12. The quantitative estimate of drug-likeness (QED) is 0.793. The van der Waals surface area contributed by atoms with Crippen LogP contribution >= 0.6 is 15.9 Å². The minimum Gasteiger partial charge on any atom is -0.323 e. The molecule has 0 aliphatic carbocycles. The highest BCUT2D eigenvalue weighted by atomic mass is 79.9. The average Bonchev–Trinajstić information content (AvgIpc) is 2.57. The van der Waals surface area contributed by atoms with Crippen LogP contribution in [0.4, 0.5) is 10.5 Å². The number of nitrogens with zero attached hydrogens (tertiary/aromatic N) is 1. The molecule has 0 spiro atoms. The molecular formula is C16H18BrN3O3S. The summed E-state index contributed by atoms with van der Waals surface area (Å²) in [4.78, 5) is 13.9. The highest BCUT2D eigenvalue weighted by Crippen LogP contribution is 2.15. The van der Waals surface area contributed by atoms with E-state index in [0.29, 0.717) is 12.2 Å². The summed E-state index contributed by atoms with van der Waals surface area (Å²) in [5.41, 5.74) is 1.53. The van der Waals surface area contributed by atoms with E-state index >= 15 is 0 Å². The predicted molar refractivity (Wildman–Crippen MR) is 97.3 cm³/mol. The van der Waals surface area contributed by atoms with Crippen LogP contribution in [0, 0.1) is 0 Å². The van der Waals surface area contributed by atoms with E-state index in [2.05, 4.69) is 26.0 Å². The first-order valence-corrected chi connectivity index (χ1v) is 9.39. The number of hydrogen-bond donors (Lipinski definition) is 2. The highest BCUT2D eigenvalue weighted by molar-refractivity contribution is 9.10. The topological polar surface area (TPSA) is 78.5 Å². The number of carbonyl (C=O) groups excluding carboxylic acids is 1. The van der Waals surface area contributed by atoms with Crippen LogP contribution in [0.5, 0.6) is 0 Å². The maximum absolute atomic E-state index is 12.2. The number of hydrogen-bond acceptors (Lipinski definition) is 3. The lowest BCUT2D eigenvalue weighted by molar-refractivity contribution is 0.220. The molecule has 0 saturated heterocycles. The van der Waals surface area contributed by atoms with Gasteiger partial charge in [-0.1, -0.05) is 28.1 Å². The van der Waals surface area contributed by atoms with Crippen molar-refractivity contribution in [1.82, 2.24) is 9.62 Å². The SMILES string of the molecule is CNS(=O)(=O)c1ccc(NC(=O)N(C)Cc2ccc(Br)cc2)cc1. The van der Waals surface area contributed by atoms with Gasteiger partial charge in [-0.3, -0.25) is 0 Å². The number of rotatable bonds is 5. The van der Waals surface area contributed by atoms with Crippen molar-refractivity contribution in [3.05, 3.63) is 58.6 Å². The molecule has 0 radical (unpaired) electrons. The van der Waals surface area contributed by atoms with E-state index in [-0.39, 0.29) is 10.9 Å². The van der Waals surface area contributed by atoms with Gasteiger partial charge in [0.25, 0.3) is 0 Å². The number of benzene rings is 2. The van der Waals surface area contributed by atoms with E-state index in [9.17, 15) is 13.2 Å². The van der Waals surface area contributed by atoms with Gasteiger partial charge in [0.1, 0.15) is 0 Å². The van der Waals surface area contributed by atoms with Crippen LogP contribution in [0.15, 0.2) is 57.9 Å². The van der Waals surface area contributed by atoms with Gasteiger partial charge >= 0.3 is 6.03 Å². The lowest BCUT2D eigenvalue weighted by Crippen LogP contribution is -2.30. The van der Waals surface area contributed by atoms with Crippen molar-refractivity contribution < 1.29 is 13.2 Å². The first kappa shape index (κ1) is 18.4. The van der Waals surface area contributed by atoms with Crippen molar-refractivity contribution in [2.45, 2.75) is 11.4 Å². The van der Waals surface area contributed by atoms with E-state index in [1.165, 1.54) is 19.2 Å². The lowest BCUT2D eigenvalue weighted by Gasteiger charge is -2.18. The fraction of sp³-hybridized carbons (Fsp3) is 0.188. The number of nitrogens with one attached hydrogen (secondary N) is 2. The molecule has 6 nitrogen and oxygen atoms in total. The summed E-state index contributed by atoms with van der Waals surface area (Å²) in [6.07, 6.45) is 0. The molecule has 24 heavy (non-hydrogen) atoms. The number of amides is 2. The summed E-state index contributed by atoms with van der Waals surface area (Å²) < 4.78 is 26.5. The second kappa shape index (κ2) is 7.78. The van der Waals surface area contributed by atoms with Crippen LogP contribution in [0.3, 0.4) is 0 Å². The van der Waals surface area contributed by atoms with Crippen molar-refractivity contribution in [3.63, 3.8) is 0 Å². The summed E-state index contributed by atoms with van der Waals surface area (Å²) in [7, 11) is -0.440. The maximum atomic E-state index is 12.2. The molecule has 2 amide bonds. The summed E-state index contributed by atoms with van der Waals surface area (Å²) >= 11 is 3.37. The van der Waals surface area contributed by atoms with Gasteiger partial charge in [0.05, 0.1) is 4.90 Å². The summed E-state index contributed by atoms with van der Waals surface area (Å²) in [6, 6.07) is 13.4. The fourth-order valence-electron chi connectivity index (χ4n) is 1.99. The number of halogens is 1. The number of carbonyl (C=O) groups is 1. The van der Waals surface area contributed by atoms with Gasteiger partial charge in [-0.15, -0.1) is 0 Å². The van der Waals surface area contributed by atoms with Gasteiger partial charge < -0.3 is 10.2 Å². The fourth-order valence-corrected chi connectivity index (χ4v) is 2.98. The van der Waals surface area contributed by atoms with Gasteiger partial charge in [-0.05, 0) is 49.0 Å². The molecule has 0 heterocycles. The molecular weight excluding hydrogens is 394 g/mol. The smallest absolute Gasteiger partial charge is 0.321 e. The van der Waals surface area contributed by atoms with Crippen molar-refractivity contribution >= 4 is 37.7 Å². The van der Waals surface area contributed by atoms with Crippen molar-refractivity contribution in [3.8, 4) is 0 Å². The van der Waals surface area contributed by atoms with Crippen LogP contribution in [0.25, 0.3) is 0 Å². The zero-order chi connectivity index (χ0) is 17.7. The minimum absolute atomic E-state index is 0.145. The zero-order valence-electron chi connectivity index (χ0n) is 13.3. The third-order valence-electron chi connectivity index (χ3n) is 3.36. The van der Waals surface area contributed by atoms with Crippen LogP contribution < -0.4 is 10.0 Å². The monoisotopic (exact) mass is 411 g/mol. The molecule has 0 bridgehead atoms. The number of urea groups is 1. The molecule has 2 aromatic carbocycles. The average molecular weight is 412 g/mol. The molecule has 0 aliphatic rings. The van der Waals surface area contributed by atoms with Gasteiger partial charge in [0.15, 0.2) is 0 Å². The van der Waals surface area contributed by atoms with Crippen molar-refractivity contribution in [2.24, 2.45) is 0 Å². The summed E-state index contributed by atoms with van der Waals surface area (Å²) in [6.45, 7) is 0.464. The minimum atomic E-state index is -3.48. The Labute approximate surface area is 150 Å². The Hall–Kier alpha value is -1.90. The molecule has 0 aromatic heterocycles. The van der Waals surface area contributed by atoms with Crippen LogP contribution in [-0.2, 0) is 16.6 Å². The van der Waals surface area contributed by atoms with E-state index in [1.807, 2.05) is 24.3 Å². The van der Waals surface area contributed by atoms with Crippen molar-refractivity contribution in [2.75, 3.05) is 19.4 Å². The normalized spacial score (nSPS) is 11.1. The molecule has 8 heteroatoms. The maximum Gasteiger partial charge on any atom is 0.321 e. The Morgan fingerprint density at radius 1 is 1.08 bits per heavy atom. The van der Waals surface area contributed by atoms with E-state index < -0.39 is 10.0 Å². The third-order valence-corrected chi connectivity index (χ3v) is 5.32. The van der Waals surface area contributed by atoms with Gasteiger partial charge in [0, 0.05) is 23.8 Å². The molecule has 2 aromatic rings. The third kappa shape index (κ3) is 4.80. The van der Waals surface area contributed by atoms with Gasteiger partial charge in [-0.25, -0.2) is 17.9 Å². The second-order valence-corrected chi connectivity index (χ2v) is 7.95. The van der Waals surface area contributed by atoms with E-state index in [0.717, 1.165) is 10.0 Å². The molecule has 0 unspecified atom stereocenters. The van der Waals surface area contributed by atoms with Crippen molar-refractivity contribution in [1.29, 1.82) is 0 Å². The first-order chi connectivity index (χ1) is 11.3. The lowest BCUT2D eigenvalue weighted by atomic mass is 10.2. The Morgan fingerprint density at radius 2 is 1.67 bits per heavy atom. The van der Waals surface area contributed by atoms with Crippen LogP contribution in [-0.4, -0.2) is 33.4 Å². The van der Waals surface area contributed by atoms with E-state index in [4.69, 9.17) is 0 Å². The highest BCUT2D eigenvalue weighted by Gasteiger charge is 2.12. The molecule has 0 atom stereocenters. The van der Waals surface area contributed by atoms with Crippen LogP contribution in [0.2, 0.25) is 0 Å². The van der Waals surface area contributed by atoms with Gasteiger partial charge in [0.2, 0.25) is 10.0 Å². The molecule has 0 fully saturated rings. The van der Waals surface area contributed by atoms with Gasteiger partial charge in [-0.2, -0.15) is 0 Å². The largest absolute Gasteiger partial charge is 0.323 e. The Bertz CT molecular complexity index is 805. The molecule has 2 N–H and O–H groups in total. The Kier molecular flexibility index (Phi) is 5.98. The molecule has 128 valence electrons. The summed E-state index contributed by atoms with van der Waals surface area (Å²) in [5, 5.41) is 2.73. The Balaban J connectivity index is 1.99. The molecule has 0 saturated carbocycles. The molecule has 2 rings (SSSR count). The Morgan fingerprint density at radius 3 is 2.21 bits per heavy atom. The number of sulfonamides is 1. The predicted octanol–water partition coefficient (Wildman–Crippen LogP) is 3.02. The van der Waals surface area contributed by atoms with Crippen LogP contribution in [0.1, 0.15) is 5.56 Å². The second-order valence-electron chi connectivity index (χ2n) is 5.14. The van der Waals surface area contributed by atoms with E-state index in [1.54, 1.807) is 24.1 Å². The summed E-state index contributed by atoms with van der Waals surface area (Å²) in [5.74, 6) is 0. The zero-order valence-corrected chi connectivity index (χ0v) is 15.7. The number of anilines is 1. The molecule has 0 aliphatic heterocycles. The standard InChI is InChI=1S/C16H18BrN3O3S/c1-18-24(22,23)15-9-7-14(8-10-15)19-16(21)20(2)11-12-3-5-13(17)6-4-12/h3-10,18H,11H2,1-2H3,(H,19,21).